The van der Waals surface area contributed by atoms with Crippen LogP contribution in [0.2, 0.25) is 0 Å². The van der Waals surface area contributed by atoms with Crippen LogP contribution >= 0.6 is 15.9 Å². The smallest absolute Gasteiger partial charge is 0.135 e. The van der Waals surface area contributed by atoms with E-state index >= 15 is 0 Å². The van der Waals surface area contributed by atoms with Crippen LogP contribution in [0.3, 0.4) is 0 Å². The van der Waals surface area contributed by atoms with Gasteiger partial charge >= 0.3 is 0 Å². The predicted molar refractivity (Wildman–Crippen MR) is 74.8 cm³/mol. The van der Waals surface area contributed by atoms with Gasteiger partial charge in [0.25, 0.3) is 0 Å². The fourth-order valence-electron chi connectivity index (χ4n) is 1.71. The van der Waals surface area contributed by atoms with Crippen LogP contribution in [0.5, 0.6) is 0 Å². The average Bonchev–Trinajstić information content (AvgIpc) is 2.25. The van der Waals surface area contributed by atoms with E-state index in [2.05, 4.69) is 39.7 Å². The van der Waals surface area contributed by atoms with Gasteiger partial charge in [-0.15, -0.1) is 0 Å². The Labute approximate surface area is 110 Å². The number of halogens is 1. The minimum absolute atomic E-state index is 0.571. The van der Waals surface area contributed by atoms with Crippen molar-refractivity contribution in [2.75, 3.05) is 5.73 Å². The summed E-state index contributed by atoms with van der Waals surface area (Å²) in [6, 6.07) is 5.88. The first-order valence-corrected chi connectivity index (χ1v) is 6.57. The third-order valence-electron chi connectivity index (χ3n) is 2.68. The van der Waals surface area contributed by atoms with Gasteiger partial charge < -0.3 is 5.73 Å². The van der Waals surface area contributed by atoms with Gasteiger partial charge in [-0.3, -0.25) is 0 Å². The Bertz CT molecular complexity index is 537. The molecule has 0 aliphatic heterocycles. The van der Waals surface area contributed by atoms with Gasteiger partial charge in [-0.2, -0.15) is 0 Å². The number of benzene rings is 1. The van der Waals surface area contributed by atoms with Gasteiger partial charge in [-0.25, -0.2) is 9.97 Å². The SMILES string of the molecule is CC(C)CCc1nc(N)c2ccc(Br)cc2n1. The number of fused-ring (bicyclic) bond motifs is 1. The van der Waals surface area contributed by atoms with E-state index in [1.165, 1.54) is 0 Å². The summed E-state index contributed by atoms with van der Waals surface area (Å²) in [6.45, 7) is 4.39. The van der Waals surface area contributed by atoms with Gasteiger partial charge in [0.05, 0.1) is 5.52 Å². The van der Waals surface area contributed by atoms with E-state index < -0.39 is 0 Å². The first-order valence-electron chi connectivity index (χ1n) is 5.78. The fourth-order valence-corrected chi connectivity index (χ4v) is 2.06. The third-order valence-corrected chi connectivity index (χ3v) is 3.17. The first-order chi connectivity index (χ1) is 8.06. The molecule has 2 rings (SSSR count). The summed E-state index contributed by atoms with van der Waals surface area (Å²) in [5.41, 5.74) is 6.86. The van der Waals surface area contributed by atoms with Crippen LogP contribution < -0.4 is 5.73 Å². The molecule has 2 aromatic rings. The van der Waals surface area contributed by atoms with Gasteiger partial charge in [0, 0.05) is 16.3 Å². The average molecular weight is 294 g/mol. The monoisotopic (exact) mass is 293 g/mol. The second-order valence-corrected chi connectivity index (χ2v) is 5.53. The number of nitrogens with zero attached hydrogens (tertiary/aromatic N) is 2. The lowest BCUT2D eigenvalue weighted by Gasteiger charge is -2.07. The summed E-state index contributed by atoms with van der Waals surface area (Å²) in [5.74, 6) is 2.06. The number of rotatable bonds is 3. The molecule has 0 bridgehead atoms. The molecule has 0 unspecified atom stereocenters. The van der Waals surface area contributed by atoms with E-state index in [9.17, 15) is 0 Å². The second-order valence-electron chi connectivity index (χ2n) is 4.62. The largest absolute Gasteiger partial charge is 0.383 e. The summed E-state index contributed by atoms with van der Waals surface area (Å²) >= 11 is 3.44. The first kappa shape index (κ1) is 12.3. The minimum atomic E-state index is 0.571. The number of nitrogen functional groups attached to an aromatic ring is 1. The van der Waals surface area contributed by atoms with Crippen LogP contribution in [0, 0.1) is 5.92 Å². The molecule has 1 heterocycles. The molecular formula is C13H16BrN3. The summed E-state index contributed by atoms with van der Waals surface area (Å²) in [6.07, 6.45) is 1.96. The van der Waals surface area contributed by atoms with Crippen molar-refractivity contribution in [1.82, 2.24) is 9.97 Å². The number of nitrogens with two attached hydrogens (primary N) is 1. The van der Waals surface area contributed by atoms with Crippen LogP contribution in [0.4, 0.5) is 5.82 Å². The molecule has 2 N–H and O–H groups in total. The lowest BCUT2D eigenvalue weighted by Crippen LogP contribution is -2.02. The molecule has 0 saturated carbocycles. The molecule has 0 atom stereocenters. The lowest BCUT2D eigenvalue weighted by atomic mass is 10.1. The minimum Gasteiger partial charge on any atom is -0.383 e. The zero-order valence-electron chi connectivity index (χ0n) is 10.1. The highest BCUT2D eigenvalue weighted by Crippen LogP contribution is 2.22. The van der Waals surface area contributed by atoms with Crippen LogP contribution in [0.25, 0.3) is 10.9 Å². The molecule has 0 aliphatic carbocycles. The molecule has 0 fully saturated rings. The van der Waals surface area contributed by atoms with Crippen molar-refractivity contribution in [2.24, 2.45) is 5.92 Å². The van der Waals surface area contributed by atoms with E-state index in [1.807, 2.05) is 18.2 Å². The standard InChI is InChI=1S/C13H16BrN3/c1-8(2)3-6-12-16-11-7-9(14)4-5-10(11)13(15)17-12/h4-5,7-8H,3,6H2,1-2H3,(H2,15,16,17). The zero-order chi connectivity index (χ0) is 12.4. The van der Waals surface area contributed by atoms with Gasteiger partial charge in [0.1, 0.15) is 11.6 Å². The predicted octanol–water partition coefficient (Wildman–Crippen LogP) is 3.56. The molecule has 4 heteroatoms. The number of aromatic nitrogens is 2. The highest BCUT2D eigenvalue weighted by molar-refractivity contribution is 9.10. The van der Waals surface area contributed by atoms with E-state index in [1.54, 1.807) is 0 Å². The van der Waals surface area contributed by atoms with Gasteiger partial charge in [0.2, 0.25) is 0 Å². The van der Waals surface area contributed by atoms with Crippen molar-refractivity contribution < 1.29 is 0 Å². The van der Waals surface area contributed by atoms with Crippen LogP contribution in [0.15, 0.2) is 22.7 Å². The summed E-state index contributed by atoms with van der Waals surface area (Å²) in [7, 11) is 0. The molecule has 3 nitrogen and oxygen atoms in total. The third kappa shape index (κ3) is 2.94. The molecule has 0 spiro atoms. The zero-order valence-corrected chi connectivity index (χ0v) is 11.7. The van der Waals surface area contributed by atoms with Gasteiger partial charge in [0.15, 0.2) is 0 Å². The molecule has 0 saturated heterocycles. The Morgan fingerprint density at radius 1 is 1.29 bits per heavy atom. The quantitative estimate of drug-likeness (QED) is 0.941. The van der Waals surface area contributed by atoms with Crippen molar-refractivity contribution in [1.29, 1.82) is 0 Å². The number of hydrogen-bond acceptors (Lipinski definition) is 3. The Morgan fingerprint density at radius 2 is 2.06 bits per heavy atom. The normalized spacial score (nSPS) is 11.3. The fraction of sp³-hybridized carbons (Fsp3) is 0.385. The Morgan fingerprint density at radius 3 is 2.76 bits per heavy atom. The van der Waals surface area contributed by atoms with E-state index in [4.69, 9.17) is 5.73 Å². The van der Waals surface area contributed by atoms with Crippen molar-refractivity contribution in [3.63, 3.8) is 0 Å². The lowest BCUT2D eigenvalue weighted by molar-refractivity contribution is 0.576. The Balaban J connectivity index is 2.39. The topological polar surface area (TPSA) is 51.8 Å². The molecule has 0 aliphatic rings. The van der Waals surface area contributed by atoms with Crippen molar-refractivity contribution in [2.45, 2.75) is 26.7 Å². The molecule has 1 aromatic carbocycles. The van der Waals surface area contributed by atoms with Gasteiger partial charge in [-0.05, 0) is 30.5 Å². The number of aryl methyl sites for hydroxylation is 1. The van der Waals surface area contributed by atoms with Gasteiger partial charge in [-0.1, -0.05) is 29.8 Å². The second kappa shape index (κ2) is 5.00. The molecule has 17 heavy (non-hydrogen) atoms. The molecule has 1 aromatic heterocycles. The van der Waals surface area contributed by atoms with Crippen molar-refractivity contribution in [3.8, 4) is 0 Å². The molecule has 0 radical (unpaired) electrons. The molecular weight excluding hydrogens is 278 g/mol. The Kier molecular flexibility index (Phi) is 3.62. The summed E-state index contributed by atoms with van der Waals surface area (Å²) < 4.78 is 1.01. The summed E-state index contributed by atoms with van der Waals surface area (Å²) in [4.78, 5) is 8.90. The van der Waals surface area contributed by atoms with E-state index in [0.29, 0.717) is 11.7 Å². The molecule has 90 valence electrons. The van der Waals surface area contributed by atoms with Crippen LogP contribution in [-0.2, 0) is 6.42 Å². The number of hydrogen-bond donors (Lipinski definition) is 1. The van der Waals surface area contributed by atoms with E-state index in [0.717, 1.165) is 34.0 Å². The maximum absolute atomic E-state index is 5.95. The highest BCUT2D eigenvalue weighted by Gasteiger charge is 2.06. The highest BCUT2D eigenvalue weighted by atomic mass is 79.9. The van der Waals surface area contributed by atoms with E-state index in [-0.39, 0.29) is 0 Å². The van der Waals surface area contributed by atoms with Crippen LogP contribution in [-0.4, -0.2) is 9.97 Å². The van der Waals surface area contributed by atoms with Crippen molar-refractivity contribution >= 4 is 32.7 Å². The maximum atomic E-state index is 5.95. The maximum Gasteiger partial charge on any atom is 0.135 e. The number of anilines is 1. The van der Waals surface area contributed by atoms with Crippen LogP contribution in [0.1, 0.15) is 26.1 Å². The van der Waals surface area contributed by atoms with Crippen molar-refractivity contribution in [3.05, 3.63) is 28.5 Å². The Hall–Kier alpha value is -1.16. The summed E-state index contributed by atoms with van der Waals surface area (Å²) in [5, 5.41) is 0.918. The molecule has 0 amide bonds.